The van der Waals surface area contributed by atoms with E-state index in [0.29, 0.717) is 12.8 Å². The lowest BCUT2D eigenvalue weighted by molar-refractivity contribution is -0.167. The first-order chi connectivity index (χ1) is 30.5. The number of carbonyl (C=O) groups is 3. The Morgan fingerprint density at radius 2 is 0.661 bits per heavy atom. The quantitative estimate of drug-likeness (QED) is 0.0200. The molecule has 0 spiro atoms. The molecule has 0 fully saturated rings. The van der Waals surface area contributed by atoms with E-state index in [4.69, 9.17) is 14.2 Å². The van der Waals surface area contributed by atoms with Crippen LogP contribution in [-0.4, -0.2) is 37.2 Å². The first-order valence-corrected chi connectivity index (χ1v) is 24.6. The highest BCUT2D eigenvalue weighted by Gasteiger charge is 2.19. The van der Waals surface area contributed by atoms with Gasteiger partial charge in [-0.05, 0) is 89.9 Å². The summed E-state index contributed by atoms with van der Waals surface area (Å²) in [6.07, 6.45) is 67.5. The molecule has 0 bridgehead atoms. The van der Waals surface area contributed by atoms with Crippen molar-refractivity contribution < 1.29 is 28.6 Å². The molecule has 0 saturated carbocycles. The van der Waals surface area contributed by atoms with Gasteiger partial charge in [0.15, 0.2) is 6.10 Å². The van der Waals surface area contributed by atoms with Crippen molar-refractivity contribution in [1.82, 2.24) is 0 Å². The van der Waals surface area contributed by atoms with Crippen molar-refractivity contribution in [2.24, 2.45) is 0 Å². The Morgan fingerprint density at radius 1 is 0.339 bits per heavy atom. The highest BCUT2D eigenvalue weighted by Crippen LogP contribution is 2.13. The van der Waals surface area contributed by atoms with E-state index in [-0.39, 0.29) is 37.5 Å². The number of unbranched alkanes of at least 4 members (excludes halogenated alkanes) is 16. The second-order valence-electron chi connectivity index (χ2n) is 15.7. The zero-order valence-electron chi connectivity index (χ0n) is 39.6. The van der Waals surface area contributed by atoms with Crippen LogP contribution in [0.15, 0.2) is 122 Å². The molecule has 62 heavy (non-hydrogen) atoms. The number of carbonyl (C=O) groups excluding carboxylic acids is 3. The van der Waals surface area contributed by atoms with Gasteiger partial charge in [0, 0.05) is 19.3 Å². The lowest BCUT2D eigenvalue weighted by Crippen LogP contribution is -2.30. The average molecular weight is 857 g/mol. The van der Waals surface area contributed by atoms with E-state index in [1.165, 1.54) is 12.8 Å². The van der Waals surface area contributed by atoms with E-state index in [1.807, 2.05) is 30.4 Å². The van der Waals surface area contributed by atoms with E-state index < -0.39 is 6.10 Å². The molecule has 348 valence electrons. The minimum atomic E-state index is -0.807. The molecule has 0 aromatic rings. The molecule has 0 heterocycles. The van der Waals surface area contributed by atoms with Gasteiger partial charge in [0.1, 0.15) is 13.2 Å². The molecule has 0 saturated heterocycles. The van der Waals surface area contributed by atoms with Crippen molar-refractivity contribution in [3.05, 3.63) is 122 Å². The second-order valence-corrected chi connectivity index (χ2v) is 15.7. The van der Waals surface area contributed by atoms with Crippen LogP contribution in [0.3, 0.4) is 0 Å². The molecule has 6 heteroatoms. The smallest absolute Gasteiger partial charge is 0.306 e. The summed E-state index contributed by atoms with van der Waals surface area (Å²) in [4.78, 5) is 37.9. The topological polar surface area (TPSA) is 78.9 Å². The Balaban J connectivity index is 4.50. The van der Waals surface area contributed by atoms with Crippen LogP contribution in [0.5, 0.6) is 0 Å². The minimum Gasteiger partial charge on any atom is -0.462 e. The Hall–Kier alpha value is -4.19. The van der Waals surface area contributed by atoms with Crippen LogP contribution in [0.2, 0.25) is 0 Å². The lowest BCUT2D eigenvalue weighted by Gasteiger charge is -2.18. The summed E-state index contributed by atoms with van der Waals surface area (Å²) in [5.41, 5.74) is 0. The number of hydrogen-bond acceptors (Lipinski definition) is 6. The highest BCUT2D eigenvalue weighted by molar-refractivity contribution is 5.71. The summed E-state index contributed by atoms with van der Waals surface area (Å²) >= 11 is 0. The summed E-state index contributed by atoms with van der Waals surface area (Å²) in [5, 5.41) is 0. The molecule has 0 aliphatic rings. The van der Waals surface area contributed by atoms with Crippen LogP contribution in [0.1, 0.15) is 194 Å². The molecule has 0 aromatic carbocycles. The van der Waals surface area contributed by atoms with Crippen molar-refractivity contribution in [3.8, 4) is 0 Å². The predicted octanol–water partition coefficient (Wildman–Crippen LogP) is 16.1. The fourth-order valence-electron chi connectivity index (χ4n) is 6.23. The molecule has 0 aliphatic heterocycles. The van der Waals surface area contributed by atoms with E-state index in [0.717, 1.165) is 141 Å². The molecule has 1 unspecified atom stereocenters. The molecule has 0 radical (unpaired) electrons. The van der Waals surface area contributed by atoms with Crippen LogP contribution in [0.4, 0.5) is 0 Å². The molecule has 0 aromatic heterocycles. The standard InChI is InChI=1S/C56H88O6/c1-4-7-10-13-16-19-22-25-27-29-31-34-37-40-43-46-49-55(58)61-52-53(51-60-54(57)48-45-42-39-36-33-30-24-21-18-15-12-9-6-3)62-56(59)50-47-44-41-38-35-32-28-26-23-20-17-14-11-8-5-2/h7-12,14-21,23-28,53H,4-6,13,22,29-52H2,1-3H3/b10-7+,11-8+,12-9+,17-14+,18-15+,19-16+,23-20+,24-21+,27-25+,28-26+. The van der Waals surface area contributed by atoms with E-state index >= 15 is 0 Å². The summed E-state index contributed by atoms with van der Waals surface area (Å²) in [7, 11) is 0. The summed E-state index contributed by atoms with van der Waals surface area (Å²) < 4.78 is 16.7. The molecule has 0 aliphatic carbocycles. The van der Waals surface area contributed by atoms with Gasteiger partial charge in [-0.15, -0.1) is 0 Å². The van der Waals surface area contributed by atoms with Gasteiger partial charge in [0.2, 0.25) is 0 Å². The van der Waals surface area contributed by atoms with E-state index in [1.54, 1.807) is 0 Å². The fraction of sp³-hybridized carbons (Fsp3) is 0.589. The molecule has 6 nitrogen and oxygen atoms in total. The third-order valence-corrected chi connectivity index (χ3v) is 9.85. The Labute approximate surface area is 380 Å². The zero-order chi connectivity index (χ0) is 45.1. The summed E-state index contributed by atoms with van der Waals surface area (Å²) in [6, 6.07) is 0. The molecule has 0 rings (SSSR count). The summed E-state index contributed by atoms with van der Waals surface area (Å²) in [6.45, 7) is 6.18. The maximum absolute atomic E-state index is 12.8. The van der Waals surface area contributed by atoms with Gasteiger partial charge in [-0.1, -0.05) is 206 Å². The maximum atomic E-state index is 12.8. The summed E-state index contributed by atoms with van der Waals surface area (Å²) in [5.74, 6) is -0.972. The highest BCUT2D eigenvalue weighted by atomic mass is 16.6. The maximum Gasteiger partial charge on any atom is 0.306 e. The molecule has 0 amide bonds. The third-order valence-electron chi connectivity index (χ3n) is 9.85. The number of rotatable bonds is 42. The van der Waals surface area contributed by atoms with Crippen molar-refractivity contribution in [3.63, 3.8) is 0 Å². The second kappa shape index (κ2) is 49.5. The number of allylic oxidation sites excluding steroid dienone is 20. The van der Waals surface area contributed by atoms with Gasteiger partial charge in [-0.25, -0.2) is 0 Å². The fourth-order valence-corrected chi connectivity index (χ4v) is 6.23. The van der Waals surface area contributed by atoms with E-state index in [2.05, 4.69) is 112 Å². The molecular weight excluding hydrogens is 769 g/mol. The molecule has 1 atom stereocenters. The first kappa shape index (κ1) is 57.8. The van der Waals surface area contributed by atoms with E-state index in [9.17, 15) is 14.4 Å². The Bertz CT molecular complexity index is 1350. The SMILES string of the molecule is CC/C=C/C=C/C=C/C=C/CCCCCCCC(=O)OC(COC(=O)CCCCCCC/C=C/C=C/C=C/CC)COC(=O)CCCCCCCC/C=C/C/C=C/C/C=C/CC. The van der Waals surface area contributed by atoms with Crippen molar-refractivity contribution >= 4 is 17.9 Å². The molecular formula is C56H88O6. The van der Waals surface area contributed by atoms with Crippen LogP contribution in [0, 0.1) is 0 Å². The largest absolute Gasteiger partial charge is 0.462 e. The first-order valence-electron chi connectivity index (χ1n) is 24.6. The van der Waals surface area contributed by atoms with Crippen molar-refractivity contribution in [1.29, 1.82) is 0 Å². The number of esters is 3. The monoisotopic (exact) mass is 857 g/mol. The van der Waals surface area contributed by atoms with Gasteiger partial charge in [-0.2, -0.15) is 0 Å². The number of hydrogen-bond donors (Lipinski definition) is 0. The average Bonchev–Trinajstić information content (AvgIpc) is 3.27. The van der Waals surface area contributed by atoms with Crippen LogP contribution >= 0.6 is 0 Å². The van der Waals surface area contributed by atoms with Gasteiger partial charge < -0.3 is 14.2 Å². The molecule has 0 N–H and O–H groups in total. The lowest BCUT2D eigenvalue weighted by atomic mass is 10.1. The Kier molecular flexibility index (Phi) is 46.1. The van der Waals surface area contributed by atoms with Crippen LogP contribution < -0.4 is 0 Å². The van der Waals surface area contributed by atoms with Crippen molar-refractivity contribution in [2.75, 3.05) is 13.2 Å². The van der Waals surface area contributed by atoms with Gasteiger partial charge >= 0.3 is 17.9 Å². The predicted molar refractivity (Wildman–Crippen MR) is 265 cm³/mol. The van der Waals surface area contributed by atoms with Crippen molar-refractivity contribution in [2.45, 2.75) is 200 Å². The number of ether oxygens (including phenoxy) is 3. The minimum absolute atomic E-state index is 0.106. The normalized spacial score (nSPS) is 13.1. The van der Waals surface area contributed by atoms with Gasteiger partial charge in [0.25, 0.3) is 0 Å². The van der Waals surface area contributed by atoms with Crippen LogP contribution in [-0.2, 0) is 28.6 Å². The Morgan fingerprint density at radius 3 is 1.10 bits per heavy atom. The zero-order valence-corrected chi connectivity index (χ0v) is 39.6. The third kappa shape index (κ3) is 46.9. The van der Waals surface area contributed by atoms with Crippen LogP contribution in [0.25, 0.3) is 0 Å². The van der Waals surface area contributed by atoms with Gasteiger partial charge in [0.05, 0.1) is 0 Å². The van der Waals surface area contributed by atoms with Gasteiger partial charge in [-0.3, -0.25) is 14.4 Å².